The molecule has 0 bridgehead atoms. The molecular weight excluding hydrogens is 148 g/mol. The minimum atomic E-state index is 0.700. The van der Waals surface area contributed by atoms with Crippen LogP contribution in [0.3, 0.4) is 0 Å². The zero-order valence-electron chi connectivity index (χ0n) is 8.52. The summed E-state index contributed by atoms with van der Waals surface area (Å²) in [6.45, 7) is 7.03. The van der Waals surface area contributed by atoms with E-state index in [2.05, 4.69) is 25.9 Å². The summed E-state index contributed by atoms with van der Waals surface area (Å²) in [4.78, 5) is 0. The predicted molar refractivity (Wildman–Crippen MR) is 52.7 cm³/mol. The Labute approximate surface area is 76.5 Å². The van der Waals surface area contributed by atoms with E-state index in [4.69, 9.17) is 4.74 Å². The summed E-state index contributed by atoms with van der Waals surface area (Å²) in [6.07, 6.45) is 7.70. The van der Waals surface area contributed by atoms with Gasteiger partial charge >= 0.3 is 0 Å². The highest BCUT2D eigenvalue weighted by atomic mass is 16.5. The van der Waals surface area contributed by atoms with Gasteiger partial charge in [0.15, 0.2) is 0 Å². The monoisotopic (exact) mass is 168 g/mol. The third-order valence-corrected chi connectivity index (χ3v) is 2.04. The Morgan fingerprint density at radius 2 is 2.08 bits per heavy atom. The SMILES string of the molecule is CC#COCC(CC)CCCC. The summed E-state index contributed by atoms with van der Waals surface area (Å²) in [7, 11) is 0. The van der Waals surface area contributed by atoms with Crippen molar-refractivity contribution in [3.05, 3.63) is 0 Å². The van der Waals surface area contributed by atoms with E-state index in [1.54, 1.807) is 6.92 Å². The van der Waals surface area contributed by atoms with Crippen molar-refractivity contribution in [2.45, 2.75) is 46.5 Å². The molecule has 0 aliphatic rings. The van der Waals surface area contributed by atoms with Gasteiger partial charge in [0, 0.05) is 6.92 Å². The van der Waals surface area contributed by atoms with E-state index in [1.807, 2.05) is 0 Å². The summed E-state index contributed by atoms with van der Waals surface area (Å²) in [5.41, 5.74) is 0. The summed E-state index contributed by atoms with van der Waals surface area (Å²) in [5, 5.41) is 0. The molecule has 70 valence electrons. The van der Waals surface area contributed by atoms with Crippen LogP contribution in [-0.4, -0.2) is 6.61 Å². The zero-order chi connectivity index (χ0) is 9.23. The lowest BCUT2D eigenvalue weighted by molar-refractivity contribution is 0.203. The van der Waals surface area contributed by atoms with Gasteiger partial charge in [-0.25, -0.2) is 0 Å². The number of unbranched alkanes of at least 4 members (excludes halogenated alkanes) is 1. The Kier molecular flexibility index (Phi) is 8.01. The fourth-order valence-electron chi connectivity index (χ4n) is 1.13. The highest BCUT2D eigenvalue weighted by Crippen LogP contribution is 2.12. The third kappa shape index (κ3) is 6.09. The van der Waals surface area contributed by atoms with Gasteiger partial charge in [-0.2, -0.15) is 0 Å². The average molecular weight is 168 g/mol. The fourth-order valence-corrected chi connectivity index (χ4v) is 1.13. The quantitative estimate of drug-likeness (QED) is 0.553. The van der Waals surface area contributed by atoms with Crippen LogP contribution in [0.25, 0.3) is 0 Å². The van der Waals surface area contributed by atoms with Gasteiger partial charge in [0.2, 0.25) is 0 Å². The number of rotatable bonds is 6. The molecule has 0 amide bonds. The molecule has 0 saturated heterocycles. The second-order valence-corrected chi connectivity index (χ2v) is 3.08. The van der Waals surface area contributed by atoms with Crippen LogP contribution in [-0.2, 0) is 4.74 Å². The number of hydrogen-bond acceptors (Lipinski definition) is 1. The van der Waals surface area contributed by atoms with Crippen LogP contribution >= 0.6 is 0 Å². The molecule has 12 heavy (non-hydrogen) atoms. The first kappa shape index (κ1) is 11.4. The van der Waals surface area contributed by atoms with Gasteiger partial charge in [0.05, 0.1) is 0 Å². The van der Waals surface area contributed by atoms with E-state index in [9.17, 15) is 0 Å². The van der Waals surface area contributed by atoms with Gasteiger partial charge in [-0.05, 0) is 12.3 Å². The lowest BCUT2D eigenvalue weighted by atomic mass is 10.0. The minimum Gasteiger partial charge on any atom is -0.446 e. The highest BCUT2D eigenvalue weighted by molar-refractivity contribution is 4.85. The lowest BCUT2D eigenvalue weighted by Crippen LogP contribution is -2.06. The number of ether oxygens (including phenoxy) is 1. The van der Waals surface area contributed by atoms with Crippen molar-refractivity contribution >= 4 is 0 Å². The predicted octanol–water partition coefficient (Wildman–Crippen LogP) is 3.20. The summed E-state index contributed by atoms with van der Waals surface area (Å²) >= 11 is 0. The Hall–Kier alpha value is -0.640. The molecule has 0 heterocycles. The fraction of sp³-hybridized carbons (Fsp3) is 0.818. The highest BCUT2D eigenvalue weighted by Gasteiger charge is 2.04. The second kappa shape index (κ2) is 8.46. The molecule has 1 unspecified atom stereocenters. The smallest absolute Gasteiger partial charge is 0.109 e. The van der Waals surface area contributed by atoms with E-state index in [0.29, 0.717) is 5.92 Å². The normalized spacial score (nSPS) is 11.6. The molecule has 1 atom stereocenters. The van der Waals surface area contributed by atoms with Crippen LogP contribution in [0.4, 0.5) is 0 Å². The van der Waals surface area contributed by atoms with Crippen LogP contribution in [0.2, 0.25) is 0 Å². The van der Waals surface area contributed by atoms with E-state index >= 15 is 0 Å². The topological polar surface area (TPSA) is 9.23 Å². The lowest BCUT2D eigenvalue weighted by Gasteiger charge is -2.11. The van der Waals surface area contributed by atoms with Crippen LogP contribution < -0.4 is 0 Å². The molecule has 0 aromatic carbocycles. The van der Waals surface area contributed by atoms with Crippen LogP contribution in [0, 0.1) is 17.9 Å². The van der Waals surface area contributed by atoms with Gasteiger partial charge < -0.3 is 4.74 Å². The molecule has 0 aliphatic carbocycles. The molecule has 0 aliphatic heterocycles. The molecule has 1 nitrogen and oxygen atoms in total. The van der Waals surface area contributed by atoms with Gasteiger partial charge in [0.1, 0.15) is 12.7 Å². The molecule has 0 rings (SSSR count). The first-order valence-electron chi connectivity index (χ1n) is 4.88. The first-order chi connectivity index (χ1) is 5.85. The molecule has 1 heteroatoms. The summed E-state index contributed by atoms with van der Waals surface area (Å²) in [5.74, 6) is 3.43. The molecule has 0 saturated carbocycles. The van der Waals surface area contributed by atoms with Crippen molar-refractivity contribution in [2.75, 3.05) is 6.61 Å². The Morgan fingerprint density at radius 3 is 2.58 bits per heavy atom. The molecule has 0 aromatic rings. The van der Waals surface area contributed by atoms with E-state index in [-0.39, 0.29) is 0 Å². The van der Waals surface area contributed by atoms with Crippen LogP contribution in [0.5, 0.6) is 0 Å². The largest absolute Gasteiger partial charge is 0.446 e. The van der Waals surface area contributed by atoms with Crippen molar-refractivity contribution in [3.8, 4) is 12.0 Å². The number of hydrogen-bond donors (Lipinski definition) is 0. The van der Waals surface area contributed by atoms with Crippen molar-refractivity contribution in [3.63, 3.8) is 0 Å². The van der Waals surface area contributed by atoms with Gasteiger partial charge in [-0.3, -0.25) is 0 Å². The maximum Gasteiger partial charge on any atom is 0.109 e. The van der Waals surface area contributed by atoms with Gasteiger partial charge in [0.25, 0.3) is 0 Å². The van der Waals surface area contributed by atoms with E-state index in [1.165, 1.54) is 25.7 Å². The average Bonchev–Trinajstić information content (AvgIpc) is 2.11. The Balaban J connectivity index is 3.43. The van der Waals surface area contributed by atoms with Crippen LogP contribution in [0.1, 0.15) is 46.5 Å². The van der Waals surface area contributed by atoms with Gasteiger partial charge in [-0.15, -0.1) is 0 Å². The molecule has 0 fully saturated rings. The summed E-state index contributed by atoms with van der Waals surface area (Å²) < 4.78 is 5.17. The first-order valence-corrected chi connectivity index (χ1v) is 4.88. The Morgan fingerprint density at radius 1 is 1.33 bits per heavy atom. The molecule has 0 spiro atoms. The van der Waals surface area contributed by atoms with E-state index in [0.717, 1.165) is 6.61 Å². The molecule has 0 N–H and O–H groups in total. The summed E-state index contributed by atoms with van der Waals surface area (Å²) in [6, 6.07) is 0. The van der Waals surface area contributed by atoms with Crippen molar-refractivity contribution < 1.29 is 4.74 Å². The minimum absolute atomic E-state index is 0.700. The molecular formula is C11H20O. The van der Waals surface area contributed by atoms with Crippen LogP contribution in [0.15, 0.2) is 0 Å². The second-order valence-electron chi connectivity index (χ2n) is 3.08. The Bertz CT molecular complexity index is 141. The molecule has 0 aromatic heterocycles. The van der Waals surface area contributed by atoms with Crippen molar-refractivity contribution in [1.82, 2.24) is 0 Å². The van der Waals surface area contributed by atoms with E-state index < -0.39 is 0 Å². The maximum absolute atomic E-state index is 5.17. The van der Waals surface area contributed by atoms with Crippen molar-refractivity contribution in [2.24, 2.45) is 5.92 Å². The third-order valence-electron chi connectivity index (χ3n) is 2.04. The zero-order valence-corrected chi connectivity index (χ0v) is 8.52. The maximum atomic E-state index is 5.17. The molecule has 0 radical (unpaired) electrons. The van der Waals surface area contributed by atoms with Gasteiger partial charge in [-0.1, -0.05) is 39.0 Å². The van der Waals surface area contributed by atoms with Crippen molar-refractivity contribution in [1.29, 1.82) is 0 Å². The standard InChI is InChI=1S/C11H20O/c1-4-7-8-11(6-3)10-12-9-5-2/h11H,4,6-8,10H2,1-3H3.